The van der Waals surface area contributed by atoms with Crippen molar-refractivity contribution >= 4 is 16.8 Å². The minimum absolute atomic E-state index is 0.0540. The van der Waals surface area contributed by atoms with Gasteiger partial charge in [0, 0.05) is 36.8 Å². The molecule has 1 fully saturated rings. The van der Waals surface area contributed by atoms with Gasteiger partial charge in [-0.2, -0.15) is 0 Å². The maximum absolute atomic E-state index is 13.5. The van der Waals surface area contributed by atoms with Gasteiger partial charge in [-0.3, -0.25) is 9.78 Å². The molecule has 0 aliphatic carbocycles. The number of carbonyl (C=O) groups excluding carboxylic acids is 1. The Kier molecular flexibility index (Phi) is 7.70. The molecule has 5 heteroatoms. The van der Waals surface area contributed by atoms with Crippen molar-refractivity contribution in [3.05, 3.63) is 114 Å². The summed E-state index contributed by atoms with van der Waals surface area (Å²) in [6.07, 6.45) is 5.10. The Bertz CT molecular complexity index is 1270. The Labute approximate surface area is 213 Å². The molecule has 5 rings (SSSR count). The Hall–Kier alpha value is -3.54. The number of piperidine rings is 1. The molecular weight excluding hydrogens is 444 g/mol. The highest BCUT2D eigenvalue weighted by molar-refractivity contribution is 5.83. The average molecular weight is 479 g/mol. The first-order valence-corrected chi connectivity index (χ1v) is 12.9. The molecule has 5 nitrogen and oxygen atoms in total. The van der Waals surface area contributed by atoms with Gasteiger partial charge in [-0.1, -0.05) is 78.9 Å². The van der Waals surface area contributed by atoms with Crippen molar-refractivity contribution in [2.45, 2.75) is 50.4 Å². The largest absolute Gasteiger partial charge is 0.338 e. The molecule has 0 unspecified atom stereocenters. The van der Waals surface area contributed by atoms with Crippen LogP contribution in [0, 0.1) is 0 Å². The highest BCUT2D eigenvalue weighted by Crippen LogP contribution is 2.24. The number of nitrogens with zero attached hydrogens (tertiary/aromatic N) is 2. The fourth-order valence-corrected chi connectivity index (χ4v) is 5.34. The quantitative estimate of drug-likeness (QED) is 0.391. The molecule has 4 aromatic rings. The van der Waals surface area contributed by atoms with Gasteiger partial charge in [-0.05, 0) is 54.5 Å². The van der Waals surface area contributed by atoms with E-state index in [1.807, 2.05) is 53.6 Å². The van der Waals surface area contributed by atoms with Crippen LogP contribution in [0.1, 0.15) is 29.5 Å². The SMILES string of the molecule is N[C@H](Cc1ccccc1)C(=O)N1CC[C@H](NCc2ccnc3ccccc23)C[C@H]1Cc1ccccc1. The minimum Gasteiger partial charge on any atom is -0.338 e. The van der Waals surface area contributed by atoms with Gasteiger partial charge in [0.2, 0.25) is 5.91 Å². The topological polar surface area (TPSA) is 71.2 Å². The molecule has 2 heterocycles. The van der Waals surface area contributed by atoms with Crippen molar-refractivity contribution in [3.8, 4) is 0 Å². The standard InChI is InChI=1S/C31H34N4O/c32-29(20-24-11-5-2-6-12-24)31(36)35-18-16-26(21-27(35)19-23-9-3-1-4-10-23)34-22-25-15-17-33-30-14-8-7-13-28(25)30/h1-15,17,26-27,29,34H,16,18-22,32H2/t26-,27+,29+/m0/s1. The third-order valence-electron chi connectivity index (χ3n) is 7.25. The lowest BCUT2D eigenvalue weighted by Crippen LogP contribution is -2.56. The van der Waals surface area contributed by atoms with Crippen LogP contribution in [0.15, 0.2) is 97.2 Å². The van der Waals surface area contributed by atoms with Crippen molar-refractivity contribution < 1.29 is 4.79 Å². The van der Waals surface area contributed by atoms with E-state index in [4.69, 9.17) is 5.73 Å². The van der Waals surface area contributed by atoms with Gasteiger partial charge in [-0.15, -0.1) is 0 Å². The van der Waals surface area contributed by atoms with E-state index in [0.29, 0.717) is 19.0 Å². The molecule has 0 saturated carbocycles. The van der Waals surface area contributed by atoms with Crippen LogP contribution < -0.4 is 11.1 Å². The number of para-hydroxylation sites is 1. The zero-order chi connectivity index (χ0) is 24.7. The maximum Gasteiger partial charge on any atom is 0.240 e. The summed E-state index contributed by atoms with van der Waals surface area (Å²) in [5.74, 6) is 0.0540. The molecule has 1 amide bonds. The number of nitrogens with one attached hydrogen (secondary N) is 1. The molecule has 3 atom stereocenters. The van der Waals surface area contributed by atoms with Gasteiger partial charge in [0.25, 0.3) is 0 Å². The van der Waals surface area contributed by atoms with Gasteiger partial charge in [0.15, 0.2) is 0 Å². The molecule has 36 heavy (non-hydrogen) atoms. The number of carbonyl (C=O) groups is 1. The summed E-state index contributed by atoms with van der Waals surface area (Å²) in [6, 6.07) is 30.8. The van der Waals surface area contributed by atoms with Crippen molar-refractivity contribution in [1.29, 1.82) is 0 Å². The summed E-state index contributed by atoms with van der Waals surface area (Å²) in [5.41, 5.74) is 11.1. The lowest BCUT2D eigenvalue weighted by molar-refractivity contribution is -0.136. The predicted octanol–water partition coefficient (Wildman–Crippen LogP) is 4.50. The summed E-state index contributed by atoms with van der Waals surface area (Å²) in [4.78, 5) is 20.0. The Morgan fingerprint density at radius 3 is 2.42 bits per heavy atom. The first-order chi connectivity index (χ1) is 17.7. The predicted molar refractivity (Wildman–Crippen MR) is 145 cm³/mol. The van der Waals surface area contributed by atoms with Crippen LogP contribution in [-0.2, 0) is 24.2 Å². The number of pyridine rings is 1. The summed E-state index contributed by atoms with van der Waals surface area (Å²) in [5, 5.41) is 4.97. The van der Waals surface area contributed by atoms with Crippen LogP contribution in [0.4, 0.5) is 0 Å². The number of rotatable bonds is 8. The van der Waals surface area contributed by atoms with Crippen molar-refractivity contribution in [2.75, 3.05) is 6.54 Å². The van der Waals surface area contributed by atoms with Crippen molar-refractivity contribution in [2.24, 2.45) is 5.73 Å². The number of hydrogen-bond acceptors (Lipinski definition) is 4. The van der Waals surface area contributed by atoms with E-state index in [1.54, 1.807) is 0 Å². The Morgan fingerprint density at radius 1 is 0.944 bits per heavy atom. The summed E-state index contributed by atoms with van der Waals surface area (Å²) in [7, 11) is 0. The van der Waals surface area contributed by atoms with E-state index in [2.05, 4.69) is 58.8 Å². The highest BCUT2D eigenvalue weighted by atomic mass is 16.2. The van der Waals surface area contributed by atoms with E-state index in [9.17, 15) is 4.79 Å². The molecule has 0 bridgehead atoms. The second-order valence-corrected chi connectivity index (χ2v) is 9.76. The smallest absolute Gasteiger partial charge is 0.240 e. The van der Waals surface area contributed by atoms with Crippen LogP contribution >= 0.6 is 0 Å². The van der Waals surface area contributed by atoms with Crippen LogP contribution in [0.5, 0.6) is 0 Å². The minimum atomic E-state index is -0.529. The fourth-order valence-electron chi connectivity index (χ4n) is 5.34. The van der Waals surface area contributed by atoms with E-state index in [1.165, 1.54) is 16.5 Å². The number of aromatic nitrogens is 1. The fraction of sp³-hybridized carbons (Fsp3) is 0.290. The third kappa shape index (κ3) is 5.81. The zero-order valence-corrected chi connectivity index (χ0v) is 20.6. The normalized spacial score (nSPS) is 18.8. The van der Waals surface area contributed by atoms with Gasteiger partial charge in [0.1, 0.15) is 0 Å². The molecule has 1 aliphatic heterocycles. The molecule has 3 aromatic carbocycles. The maximum atomic E-state index is 13.5. The second kappa shape index (κ2) is 11.5. The van der Waals surface area contributed by atoms with E-state index < -0.39 is 6.04 Å². The van der Waals surface area contributed by atoms with E-state index >= 15 is 0 Å². The lowest BCUT2D eigenvalue weighted by Gasteiger charge is -2.41. The van der Waals surface area contributed by atoms with Gasteiger partial charge < -0.3 is 16.0 Å². The molecule has 184 valence electrons. The van der Waals surface area contributed by atoms with Crippen molar-refractivity contribution in [3.63, 3.8) is 0 Å². The highest BCUT2D eigenvalue weighted by Gasteiger charge is 2.33. The monoisotopic (exact) mass is 478 g/mol. The zero-order valence-electron chi connectivity index (χ0n) is 20.6. The average Bonchev–Trinajstić information content (AvgIpc) is 2.93. The molecular formula is C31H34N4O. The Balaban J connectivity index is 1.28. The summed E-state index contributed by atoms with van der Waals surface area (Å²) >= 11 is 0. The first-order valence-electron chi connectivity index (χ1n) is 12.9. The molecule has 3 N–H and O–H groups in total. The van der Waals surface area contributed by atoms with Gasteiger partial charge in [-0.25, -0.2) is 0 Å². The van der Waals surface area contributed by atoms with Gasteiger partial charge >= 0.3 is 0 Å². The lowest BCUT2D eigenvalue weighted by atomic mass is 9.91. The number of benzene rings is 3. The molecule has 1 saturated heterocycles. The van der Waals surface area contributed by atoms with E-state index in [-0.39, 0.29) is 11.9 Å². The molecule has 1 aromatic heterocycles. The number of nitrogens with two attached hydrogens (primary N) is 1. The number of hydrogen-bond donors (Lipinski definition) is 2. The molecule has 1 aliphatic rings. The van der Waals surface area contributed by atoms with Crippen LogP contribution in [0.2, 0.25) is 0 Å². The van der Waals surface area contributed by atoms with Gasteiger partial charge in [0.05, 0.1) is 11.6 Å². The number of likely N-dealkylation sites (tertiary alicyclic amines) is 1. The second-order valence-electron chi connectivity index (χ2n) is 9.76. The third-order valence-corrected chi connectivity index (χ3v) is 7.25. The summed E-state index contributed by atoms with van der Waals surface area (Å²) < 4.78 is 0. The molecule has 0 radical (unpaired) electrons. The van der Waals surface area contributed by atoms with Crippen LogP contribution in [0.25, 0.3) is 10.9 Å². The van der Waals surface area contributed by atoms with Crippen LogP contribution in [-0.4, -0.2) is 40.5 Å². The van der Waals surface area contributed by atoms with Crippen LogP contribution in [0.3, 0.4) is 0 Å². The summed E-state index contributed by atoms with van der Waals surface area (Å²) in [6.45, 7) is 1.50. The molecule has 0 spiro atoms. The number of fused-ring (bicyclic) bond motifs is 1. The Morgan fingerprint density at radius 2 is 1.64 bits per heavy atom. The van der Waals surface area contributed by atoms with Crippen molar-refractivity contribution in [1.82, 2.24) is 15.2 Å². The first kappa shape index (κ1) is 24.2. The number of amides is 1. The van der Waals surface area contributed by atoms with E-state index in [0.717, 1.165) is 36.9 Å².